The van der Waals surface area contributed by atoms with Crippen molar-refractivity contribution >= 4 is 52.7 Å². The number of amides is 2. The summed E-state index contributed by atoms with van der Waals surface area (Å²) in [5.74, 6) is 1.63. The number of benzene rings is 5. The highest BCUT2D eigenvalue weighted by molar-refractivity contribution is 6.15. The van der Waals surface area contributed by atoms with Crippen LogP contribution in [0.4, 0.5) is 28.4 Å². The number of fused-ring (bicyclic) bond motifs is 8. The first-order valence-electron chi connectivity index (χ1n) is 19.2. The van der Waals surface area contributed by atoms with Gasteiger partial charge in [-0.25, -0.2) is 0 Å². The topological polar surface area (TPSA) is 106 Å². The third-order valence-electron chi connectivity index (χ3n) is 11.3. The van der Waals surface area contributed by atoms with Crippen LogP contribution in [0.3, 0.4) is 0 Å². The summed E-state index contributed by atoms with van der Waals surface area (Å²) in [4.78, 5) is 43.2. The van der Waals surface area contributed by atoms with Crippen molar-refractivity contribution in [3.8, 4) is 23.0 Å². The van der Waals surface area contributed by atoms with Gasteiger partial charge in [-0.3, -0.25) is 29.4 Å². The number of aliphatic imine (C=N–C) groups is 2. The van der Waals surface area contributed by atoms with Crippen LogP contribution in [0.2, 0.25) is 0 Å². The van der Waals surface area contributed by atoms with Crippen LogP contribution in [0.1, 0.15) is 56.8 Å². The number of carbonyl (C=O) groups is 2. The summed E-state index contributed by atoms with van der Waals surface area (Å²) >= 11 is 0. The Morgan fingerprint density at radius 1 is 0.649 bits per heavy atom. The zero-order chi connectivity index (χ0) is 39.4. The maximum absolute atomic E-state index is 13.9. The smallest absolute Gasteiger partial charge is 0.261 e. The summed E-state index contributed by atoms with van der Waals surface area (Å²) in [7, 11) is 5.19. The molecule has 5 aromatic rings. The highest BCUT2D eigenvalue weighted by atomic mass is 16.5. The van der Waals surface area contributed by atoms with E-state index < -0.39 is 0 Å². The zero-order valence-electron chi connectivity index (χ0n) is 32.6. The summed E-state index contributed by atoms with van der Waals surface area (Å²) in [5.41, 5.74) is 8.90. The first-order valence-corrected chi connectivity index (χ1v) is 19.2. The second-order valence-electron chi connectivity index (χ2n) is 15.0. The maximum atomic E-state index is 13.9. The molecule has 0 spiro atoms. The molecule has 0 unspecified atom stereocenters. The lowest BCUT2D eigenvalue weighted by Crippen LogP contribution is -2.37. The average molecular weight is 762 g/mol. The van der Waals surface area contributed by atoms with Gasteiger partial charge in [0.05, 0.1) is 48.8 Å². The lowest BCUT2D eigenvalue weighted by Gasteiger charge is -2.25. The molecule has 9 rings (SSSR count). The lowest BCUT2D eigenvalue weighted by molar-refractivity contribution is 0.0978. The third-order valence-corrected chi connectivity index (χ3v) is 11.3. The van der Waals surface area contributed by atoms with Crippen molar-refractivity contribution in [2.24, 2.45) is 9.98 Å². The standard InChI is InChI=1S/C46H43N5O6/c1-27(2)49(3)32-15-28(25-56-43-21-37-35(19-41(43)54-4)45(52)50-33(23-47-37)17-30-10-6-8-12-39(30)50)14-29(16-32)26-57-44-22-38-36(20-42(44)55-5)46(53)51-34(24-48-38)18-31-11-7-9-13-40(31)51/h6-16,19-24,27,33-34H,17-18,25-26H2,1-5H3/t33-,34-/m0/s1. The largest absolute Gasteiger partial charge is 0.493 e. The van der Waals surface area contributed by atoms with Crippen LogP contribution in [0.15, 0.2) is 101 Å². The summed E-state index contributed by atoms with van der Waals surface area (Å²) in [6, 6.07) is 29.1. The number of hydrogen-bond acceptors (Lipinski definition) is 9. The van der Waals surface area contributed by atoms with Crippen LogP contribution in [-0.4, -0.2) is 63.6 Å². The number of anilines is 3. The number of para-hydroxylation sites is 2. The zero-order valence-corrected chi connectivity index (χ0v) is 32.6. The van der Waals surface area contributed by atoms with Crippen molar-refractivity contribution in [3.05, 3.63) is 124 Å². The van der Waals surface area contributed by atoms with Gasteiger partial charge >= 0.3 is 0 Å². The molecular formula is C46H43N5O6. The molecule has 288 valence electrons. The number of hydrogen-bond donors (Lipinski definition) is 0. The number of ether oxygens (including phenoxy) is 4. The Kier molecular flexibility index (Phi) is 9.15. The van der Waals surface area contributed by atoms with E-state index in [9.17, 15) is 9.59 Å². The molecule has 0 fully saturated rings. The predicted molar refractivity (Wildman–Crippen MR) is 222 cm³/mol. The van der Waals surface area contributed by atoms with Crippen molar-refractivity contribution in [1.29, 1.82) is 0 Å². The number of nitrogens with zero attached hydrogens (tertiary/aromatic N) is 5. The molecule has 0 aromatic heterocycles. The third kappa shape index (κ3) is 6.42. The first kappa shape index (κ1) is 36.0. The fourth-order valence-corrected chi connectivity index (χ4v) is 8.11. The SMILES string of the molecule is COc1cc2c(cc1OCc1cc(COc3cc4c(cc3OC)C(=O)N3c5ccccc5C[C@H]3C=N4)cc(N(C)C(C)C)c1)N=C[C@@H]1Cc3ccccc3N1C2=O. The van der Waals surface area contributed by atoms with E-state index in [2.05, 4.69) is 50.1 Å². The second-order valence-corrected chi connectivity index (χ2v) is 15.0. The fourth-order valence-electron chi connectivity index (χ4n) is 8.11. The number of carbonyl (C=O) groups excluding carboxylic acids is 2. The number of methoxy groups -OCH3 is 2. The Bertz CT molecular complexity index is 2330. The second kappa shape index (κ2) is 14.5. The molecule has 11 nitrogen and oxygen atoms in total. The van der Waals surface area contributed by atoms with Crippen LogP contribution in [0, 0.1) is 0 Å². The minimum Gasteiger partial charge on any atom is -0.493 e. The molecule has 4 aliphatic rings. The van der Waals surface area contributed by atoms with Crippen molar-refractivity contribution < 1.29 is 28.5 Å². The molecule has 0 saturated heterocycles. The van der Waals surface area contributed by atoms with Gasteiger partial charge in [0, 0.05) is 67.6 Å². The van der Waals surface area contributed by atoms with Gasteiger partial charge in [0.15, 0.2) is 23.0 Å². The molecule has 4 aliphatic heterocycles. The van der Waals surface area contributed by atoms with E-state index in [4.69, 9.17) is 28.9 Å². The molecule has 2 amide bonds. The molecule has 0 radical (unpaired) electrons. The molecule has 0 saturated carbocycles. The van der Waals surface area contributed by atoms with E-state index in [-0.39, 0.29) is 43.2 Å². The van der Waals surface area contributed by atoms with Gasteiger partial charge in [-0.1, -0.05) is 36.4 Å². The van der Waals surface area contributed by atoms with E-state index in [1.165, 1.54) is 0 Å². The molecule has 11 heteroatoms. The highest BCUT2D eigenvalue weighted by Crippen LogP contribution is 2.43. The van der Waals surface area contributed by atoms with E-state index in [0.717, 1.165) is 39.3 Å². The van der Waals surface area contributed by atoms with Gasteiger partial charge in [0.1, 0.15) is 13.2 Å². The van der Waals surface area contributed by atoms with Gasteiger partial charge < -0.3 is 23.8 Å². The predicted octanol–water partition coefficient (Wildman–Crippen LogP) is 8.28. The minimum atomic E-state index is -0.157. The molecule has 57 heavy (non-hydrogen) atoms. The summed E-state index contributed by atoms with van der Waals surface area (Å²) in [6.07, 6.45) is 5.13. The van der Waals surface area contributed by atoms with Gasteiger partial charge in [0.2, 0.25) is 0 Å². The Balaban J connectivity index is 0.969. The van der Waals surface area contributed by atoms with Crippen LogP contribution in [0.25, 0.3) is 0 Å². The Labute approximate surface area is 331 Å². The van der Waals surface area contributed by atoms with Gasteiger partial charge in [0.25, 0.3) is 11.8 Å². The quantitative estimate of drug-likeness (QED) is 0.141. The Hall–Kier alpha value is -6.62. The first-order chi connectivity index (χ1) is 27.7. The maximum Gasteiger partial charge on any atom is 0.261 e. The van der Waals surface area contributed by atoms with Crippen molar-refractivity contribution in [2.75, 3.05) is 36.0 Å². The normalized spacial score (nSPS) is 17.2. The van der Waals surface area contributed by atoms with Crippen molar-refractivity contribution in [1.82, 2.24) is 0 Å². The van der Waals surface area contributed by atoms with Crippen LogP contribution in [-0.2, 0) is 26.1 Å². The molecule has 2 atom stereocenters. The number of rotatable bonds is 10. The average Bonchev–Trinajstić information content (AvgIpc) is 3.72. The molecule has 0 aliphatic carbocycles. The van der Waals surface area contributed by atoms with Gasteiger partial charge in [-0.05, 0) is 78.6 Å². The molecule has 0 N–H and O–H groups in total. The molecule has 0 bridgehead atoms. The Morgan fingerprint density at radius 3 is 1.54 bits per heavy atom. The molecular weight excluding hydrogens is 719 g/mol. The van der Waals surface area contributed by atoms with Crippen molar-refractivity contribution in [3.63, 3.8) is 0 Å². The minimum absolute atomic E-state index is 0.119. The van der Waals surface area contributed by atoms with E-state index in [0.29, 0.717) is 58.3 Å². The fraction of sp³-hybridized carbons (Fsp3) is 0.261. The van der Waals surface area contributed by atoms with E-state index in [1.54, 1.807) is 38.5 Å². The lowest BCUT2D eigenvalue weighted by atomic mass is 10.1. The van der Waals surface area contributed by atoms with Gasteiger partial charge in [-0.2, -0.15) is 0 Å². The highest BCUT2D eigenvalue weighted by Gasteiger charge is 2.38. The van der Waals surface area contributed by atoms with Crippen LogP contribution >= 0.6 is 0 Å². The van der Waals surface area contributed by atoms with Crippen LogP contribution in [0.5, 0.6) is 23.0 Å². The van der Waals surface area contributed by atoms with Crippen LogP contribution < -0.4 is 33.6 Å². The summed E-state index contributed by atoms with van der Waals surface area (Å²) in [5, 5.41) is 0. The van der Waals surface area contributed by atoms with Gasteiger partial charge in [-0.15, -0.1) is 0 Å². The summed E-state index contributed by atoms with van der Waals surface area (Å²) < 4.78 is 24.4. The Morgan fingerprint density at radius 2 is 1.11 bits per heavy atom. The molecule has 5 aromatic carbocycles. The van der Waals surface area contributed by atoms with Crippen molar-refractivity contribution in [2.45, 2.75) is 58.0 Å². The van der Waals surface area contributed by atoms with E-state index in [1.807, 2.05) is 64.7 Å². The summed E-state index contributed by atoms with van der Waals surface area (Å²) in [6.45, 7) is 4.72. The molecule has 4 heterocycles. The monoisotopic (exact) mass is 761 g/mol. The van der Waals surface area contributed by atoms with E-state index >= 15 is 0 Å².